The molecule has 10 nitrogen and oxygen atoms in total. The van der Waals surface area contributed by atoms with Gasteiger partial charge in [-0.25, -0.2) is 0 Å². The van der Waals surface area contributed by atoms with Crippen LogP contribution in [0.25, 0.3) is 21.5 Å². The highest BCUT2D eigenvalue weighted by Crippen LogP contribution is 2.56. The molecule has 1 saturated heterocycles. The first-order chi connectivity index (χ1) is 16.9. The van der Waals surface area contributed by atoms with Gasteiger partial charge in [0.2, 0.25) is 0 Å². The van der Waals surface area contributed by atoms with E-state index in [9.17, 15) is 35.7 Å². The molecule has 1 aliphatic heterocycles. The van der Waals surface area contributed by atoms with Gasteiger partial charge in [0.15, 0.2) is 6.29 Å². The van der Waals surface area contributed by atoms with Crippen LogP contribution in [0.1, 0.15) is 43.9 Å². The molecule has 7 atom stereocenters. The van der Waals surface area contributed by atoms with Gasteiger partial charge in [-0.2, -0.15) is 0 Å². The van der Waals surface area contributed by atoms with Gasteiger partial charge in [-0.15, -0.1) is 0 Å². The number of benzene rings is 3. The summed E-state index contributed by atoms with van der Waals surface area (Å²) in [5.41, 5.74) is 4.45. The molecule has 9 N–H and O–H groups in total. The maximum Gasteiger partial charge on any atom is 0.160 e. The van der Waals surface area contributed by atoms with E-state index in [0.29, 0.717) is 0 Å². The minimum Gasteiger partial charge on any atom is -0.507 e. The van der Waals surface area contributed by atoms with E-state index in [-0.39, 0.29) is 63.4 Å². The first kappa shape index (κ1) is 24.8. The fourth-order valence-corrected chi connectivity index (χ4v) is 5.54. The third-order valence-corrected chi connectivity index (χ3v) is 7.69. The van der Waals surface area contributed by atoms with Gasteiger partial charge in [-0.05, 0) is 13.8 Å². The van der Waals surface area contributed by atoms with Crippen LogP contribution in [0.3, 0.4) is 0 Å². The predicted octanol–water partition coefficient (Wildman–Crippen LogP) is 1.75. The molecule has 0 unspecified atom stereocenters. The monoisotopic (exact) mass is 501 g/mol. The molecule has 3 aromatic carbocycles. The predicted molar refractivity (Wildman–Crippen MR) is 130 cm³/mol. The molecule has 0 amide bonds. The highest BCUT2D eigenvalue weighted by molar-refractivity contribution is 6.15. The van der Waals surface area contributed by atoms with Crippen molar-refractivity contribution in [2.45, 2.75) is 75.5 Å². The Morgan fingerprint density at radius 2 is 1.61 bits per heavy atom. The van der Waals surface area contributed by atoms with Crippen LogP contribution in [-0.4, -0.2) is 72.0 Å². The van der Waals surface area contributed by atoms with Crippen LogP contribution in [0.2, 0.25) is 0 Å². The number of rotatable bonds is 3. The van der Waals surface area contributed by atoms with Crippen LogP contribution in [0.5, 0.6) is 23.0 Å². The quantitative estimate of drug-likeness (QED) is 0.194. The number of hydrogen-bond donors (Lipinski definition) is 8. The number of fused-ring (bicyclic) bond motifs is 3. The number of hydrogen-bond acceptors (Lipinski definition) is 10. The van der Waals surface area contributed by atoms with E-state index >= 15 is 0 Å². The van der Waals surface area contributed by atoms with E-state index in [1.165, 1.54) is 6.92 Å². The Morgan fingerprint density at radius 1 is 1.03 bits per heavy atom. The normalized spacial score (nSPS) is 31.4. The molecular formula is C26H31NO9. The Labute approximate surface area is 206 Å². The number of aliphatic hydroxyl groups excluding tert-OH is 2. The van der Waals surface area contributed by atoms with Crippen LogP contribution in [-0.2, 0) is 15.9 Å². The Bertz CT molecular complexity index is 1330. The lowest BCUT2D eigenvalue weighted by Crippen LogP contribution is -2.53. The number of aliphatic hydroxyl groups is 3. The second-order valence-corrected chi connectivity index (χ2v) is 10.0. The van der Waals surface area contributed by atoms with Gasteiger partial charge in [0, 0.05) is 47.2 Å². The first-order valence-electron chi connectivity index (χ1n) is 11.9. The lowest BCUT2D eigenvalue weighted by molar-refractivity contribution is -0.250. The van der Waals surface area contributed by atoms with E-state index in [1.807, 2.05) is 0 Å². The molecule has 0 radical (unpaired) electrons. The van der Waals surface area contributed by atoms with E-state index in [4.69, 9.17) is 15.2 Å². The highest BCUT2D eigenvalue weighted by Gasteiger charge is 2.47. The molecule has 36 heavy (non-hydrogen) atoms. The summed E-state index contributed by atoms with van der Waals surface area (Å²) in [6.07, 6.45) is -5.05. The largest absolute Gasteiger partial charge is 0.507 e. The highest BCUT2D eigenvalue weighted by atomic mass is 16.7. The van der Waals surface area contributed by atoms with Crippen LogP contribution >= 0.6 is 0 Å². The molecule has 3 aromatic rings. The van der Waals surface area contributed by atoms with Crippen LogP contribution in [0.15, 0.2) is 24.3 Å². The zero-order chi connectivity index (χ0) is 26.1. The van der Waals surface area contributed by atoms with Gasteiger partial charge >= 0.3 is 0 Å². The van der Waals surface area contributed by atoms with Crippen molar-refractivity contribution in [1.29, 1.82) is 0 Å². The third-order valence-electron chi connectivity index (χ3n) is 7.69. The van der Waals surface area contributed by atoms with E-state index in [0.717, 1.165) is 0 Å². The minimum atomic E-state index is -1.74. The van der Waals surface area contributed by atoms with Crippen molar-refractivity contribution in [2.75, 3.05) is 0 Å². The summed E-state index contributed by atoms with van der Waals surface area (Å²) in [6, 6.07) is 5.83. The molecule has 194 valence electrons. The van der Waals surface area contributed by atoms with Crippen molar-refractivity contribution in [2.24, 2.45) is 5.73 Å². The van der Waals surface area contributed by atoms with Crippen molar-refractivity contribution < 1.29 is 45.2 Å². The maximum absolute atomic E-state index is 11.4. The third kappa shape index (κ3) is 3.64. The fourth-order valence-electron chi connectivity index (χ4n) is 5.54. The molecule has 10 heteroatoms. The molecular weight excluding hydrogens is 470 g/mol. The molecule has 0 aromatic heterocycles. The summed E-state index contributed by atoms with van der Waals surface area (Å²) >= 11 is 0. The molecule has 0 spiro atoms. The molecule has 1 heterocycles. The Hall–Kier alpha value is -2.86. The van der Waals surface area contributed by atoms with Gasteiger partial charge < -0.3 is 51.0 Å². The average Bonchev–Trinajstić information content (AvgIpc) is 2.82. The van der Waals surface area contributed by atoms with Gasteiger partial charge in [0.05, 0.1) is 40.8 Å². The number of aromatic hydroxyl groups is 4. The van der Waals surface area contributed by atoms with Crippen LogP contribution < -0.4 is 5.73 Å². The summed E-state index contributed by atoms with van der Waals surface area (Å²) in [7, 11) is 0. The Balaban J connectivity index is 1.73. The SMILES string of the molecule is C[C@@H]1O[C@@H](O[C@H]2C[C@](O)([C@H](C)O)Cc3c2c(O)c2c(O)c4ccccc4c(O)c2c3O)C[C@H](N)[C@@H]1O. The summed E-state index contributed by atoms with van der Waals surface area (Å²) in [5, 5.41) is 76.8. The summed E-state index contributed by atoms with van der Waals surface area (Å²) in [6.45, 7) is 3.05. The van der Waals surface area contributed by atoms with Gasteiger partial charge in [0.25, 0.3) is 0 Å². The van der Waals surface area contributed by atoms with Crippen molar-refractivity contribution in [3.05, 3.63) is 35.4 Å². The molecule has 0 bridgehead atoms. The lowest BCUT2D eigenvalue weighted by Gasteiger charge is -2.43. The van der Waals surface area contributed by atoms with Crippen molar-refractivity contribution >= 4 is 21.5 Å². The second-order valence-electron chi connectivity index (χ2n) is 10.0. The topological polar surface area (TPSA) is 186 Å². The molecule has 1 fully saturated rings. The molecule has 1 aliphatic carbocycles. The van der Waals surface area contributed by atoms with E-state index < -0.39 is 53.8 Å². The number of ether oxygens (including phenoxy) is 2. The zero-order valence-electron chi connectivity index (χ0n) is 19.9. The lowest BCUT2D eigenvalue weighted by atomic mass is 9.74. The molecule has 5 rings (SSSR count). The number of nitrogens with two attached hydrogens (primary N) is 1. The molecule has 0 saturated carbocycles. The molecule has 2 aliphatic rings. The maximum atomic E-state index is 11.4. The Morgan fingerprint density at radius 3 is 2.17 bits per heavy atom. The number of phenols is 4. The van der Waals surface area contributed by atoms with Gasteiger partial charge in [0.1, 0.15) is 23.0 Å². The van der Waals surface area contributed by atoms with Crippen molar-refractivity contribution in [1.82, 2.24) is 0 Å². The second kappa shape index (κ2) is 8.62. The Kier molecular flexibility index (Phi) is 5.94. The standard InChI is InChI=1S/C26H31NO9/c1-10-21(29)15(27)7-17(35-10)36-16-9-26(34,11(2)28)8-14-18(16)25(33)20-19(24(14)32)22(30)12-5-3-4-6-13(12)23(20)31/h3-6,10-11,15-17,21,28-34H,7-9,27H2,1-2H3/t10-,11-,15-,16-,17-,21+,26-/m0/s1. The van der Waals surface area contributed by atoms with Gasteiger partial charge in [-0.3, -0.25) is 0 Å². The minimum absolute atomic E-state index is 0.0674. The van der Waals surface area contributed by atoms with E-state index in [1.54, 1.807) is 31.2 Å². The first-order valence-corrected chi connectivity index (χ1v) is 11.9. The van der Waals surface area contributed by atoms with E-state index in [2.05, 4.69) is 0 Å². The summed E-state index contributed by atoms with van der Waals surface area (Å²) < 4.78 is 11.9. The van der Waals surface area contributed by atoms with Crippen molar-refractivity contribution in [3.63, 3.8) is 0 Å². The number of phenolic OH excluding ortho intramolecular Hbond substituents is 4. The fraction of sp³-hybridized carbons (Fsp3) is 0.462. The van der Waals surface area contributed by atoms with Crippen LogP contribution in [0.4, 0.5) is 0 Å². The summed E-state index contributed by atoms with van der Waals surface area (Å²) in [5.74, 6) is -1.56. The smallest absolute Gasteiger partial charge is 0.160 e. The van der Waals surface area contributed by atoms with Gasteiger partial charge in [-0.1, -0.05) is 24.3 Å². The van der Waals surface area contributed by atoms with Crippen molar-refractivity contribution in [3.8, 4) is 23.0 Å². The summed E-state index contributed by atoms with van der Waals surface area (Å²) in [4.78, 5) is 0. The zero-order valence-corrected chi connectivity index (χ0v) is 19.9. The van der Waals surface area contributed by atoms with Crippen LogP contribution in [0, 0.1) is 0 Å². The average molecular weight is 502 g/mol.